The van der Waals surface area contributed by atoms with Crippen molar-refractivity contribution in [3.63, 3.8) is 0 Å². The summed E-state index contributed by atoms with van der Waals surface area (Å²) in [6.45, 7) is 5.92. The Labute approximate surface area is 375 Å². The Morgan fingerprint density at radius 3 is 2.05 bits per heavy atom. The fraction of sp³-hybridized carbons (Fsp3) is 0.458. The average Bonchev–Trinajstić information content (AvgIpc) is 3.28. The Morgan fingerprint density at radius 1 is 0.877 bits per heavy atom. The highest BCUT2D eigenvalue weighted by molar-refractivity contribution is 5.96. The van der Waals surface area contributed by atoms with Crippen LogP contribution in [0.2, 0.25) is 0 Å². The molecule has 17 heteroatoms. The monoisotopic (exact) mass is 902 g/mol. The van der Waals surface area contributed by atoms with Crippen molar-refractivity contribution in [3.8, 4) is 0 Å². The number of ketones is 1. The quantitative estimate of drug-likeness (QED) is 0.0869. The van der Waals surface area contributed by atoms with Gasteiger partial charge in [0.15, 0.2) is 23.6 Å². The summed E-state index contributed by atoms with van der Waals surface area (Å²) >= 11 is 0. The first kappa shape index (κ1) is 47.0. The van der Waals surface area contributed by atoms with E-state index < -0.39 is 119 Å². The average molecular weight is 903 g/mol. The van der Waals surface area contributed by atoms with Gasteiger partial charge in [0, 0.05) is 37.3 Å². The molecule has 4 aliphatic rings. The molecule has 65 heavy (non-hydrogen) atoms. The van der Waals surface area contributed by atoms with E-state index in [1.54, 1.807) is 78.9 Å². The van der Waals surface area contributed by atoms with E-state index in [-0.39, 0.29) is 41.8 Å². The number of benzene rings is 3. The molecular formula is C48H54N2O15. The number of esters is 3. The van der Waals surface area contributed by atoms with Gasteiger partial charge in [-0.15, -0.1) is 0 Å². The number of rotatable bonds is 12. The van der Waals surface area contributed by atoms with Gasteiger partial charge < -0.3 is 54.7 Å². The van der Waals surface area contributed by atoms with Crippen LogP contribution in [0.25, 0.3) is 0 Å². The second-order valence-electron chi connectivity index (χ2n) is 17.8. The van der Waals surface area contributed by atoms with Gasteiger partial charge in [-0.05, 0) is 54.8 Å². The number of Topliss-reactive ketones (excluding diaryl/α,β-unsaturated/α-hetero) is 1. The lowest BCUT2D eigenvalue weighted by Crippen LogP contribution is -2.82. The standard InChI is InChI=1S/C48H54N2O15/c1-26-31(62-43(58)36(54)35(28-15-9-6-10-16-28)50-41(56)29-17-11-7-12-18-29)24-48(60)40(64-42(57)30-19-13-8-14-20-30)38-46(5,32(53)23-33-47(38,25-61-33)65-27(2)52)39(55)37(34(26)45(48,3)4)63-44(59)49-21-22-51/h6-20,31-33,35-38,40,51,53-54,60H,21-25H2,1-5H3,(H,49,59)(H,50,56)/t31-,32-,33+,35-,36+,37+,38-,40-,46+,47-,48+/m0/s1/i21+2,22+2. The van der Waals surface area contributed by atoms with Crippen molar-refractivity contribution >= 4 is 35.7 Å². The predicted octanol–water partition coefficient (Wildman–Crippen LogP) is 2.89. The summed E-state index contributed by atoms with van der Waals surface area (Å²) in [4.78, 5) is 84.5. The molecule has 7 rings (SSSR count). The number of aliphatic hydroxyl groups excluding tert-OH is 3. The molecule has 2 saturated carbocycles. The lowest BCUT2D eigenvalue weighted by Gasteiger charge is -2.67. The summed E-state index contributed by atoms with van der Waals surface area (Å²) in [5.41, 5.74) is -7.50. The topological polar surface area (TPSA) is 254 Å². The summed E-state index contributed by atoms with van der Waals surface area (Å²) in [5, 5.41) is 52.3. The molecule has 17 nitrogen and oxygen atoms in total. The number of fused-ring (bicyclic) bond motifs is 5. The number of ether oxygens (including phenoxy) is 5. The van der Waals surface area contributed by atoms with Crippen LogP contribution in [0.4, 0.5) is 4.79 Å². The molecule has 0 unspecified atom stereocenters. The van der Waals surface area contributed by atoms with Gasteiger partial charge in [0.25, 0.3) is 5.91 Å². The van der Waals surface area contributed by atoms with Gasteiger partial charge in [0.05, 0.1) is 42.3 Å². The number of carbonyl (C=O) groups excluding carboxylic acids is 6. The van der Waals surface area contributed by atoms with Crippen LogP contribution >= 0.6 is 0 Å². The molecule has 0 spiro atoms. The van der Waals surface area contributed by atoms with Crippen LogP contribution in [0.5, 0.6) is 0 Å². The maximum absolute atomic E-state index is 15.7. The van der Waals surface area contributed by atoms with E-state index in [0.717, 1.165) is 6.92 Å². The number of hydrogen-bond acceptors (Lipinski definition) is 15. The van der Waals surface area contributed by atoms with Crippen molar-refractivity contribution in [2.75, 3.05) is 19.8 Å². The number of carbonyl (C=O) groups is 6. The van der Waals surface area contributed by atoms with Gasteiger partial charge in [-0.25, -0.2) is 14.4 Å². The summed E-state index contributed by atoms with van der Waals surface area (Å²) in [6, 6.07) is 22.7. The molecule has 11 atom stereocenters. The normalized spacial score (nSPS) is 30.9. The lowest BCUT2D eigenvalue weighted by molar-refractivity contribution is -0.345. The highest BCUT2D eigenvalue weighted by Gasteiger charge is 2.78. The van der Waals surface area contributed by atoms with E-state index in [0.29, 0.717) is 5.56 Å². The van der Waals surface area contributed by atoms with E-state index in [1.165, 1.54) is 39.8 Å². The molecule has 0 radical (unpaired) electrons. The zero-order valence-electron chi connectivity index (χ0n) is 36.6. The van der Waals surface area contributed by atoms with Crippen molar-refractivity contribution in [3.05, 3.63) is 119 Å². The van der Waals surface area contributed by atoms with Crippen LogP contribution in [0.3, 0.4) is 0 Å². The number of nitrogens with one attached hydrogen (secondary N) is 2. The Hall–Kier alpha value is -5.98. The number of aliphatic hydroxyl groups is 4. The Balaban J connectivity index is 1.40. The van der Waals surface area contributed by atoms with Crippen LogP contribution in [0, 0.1) is 16.7 Å². The first-order chi connectivity index (χ1) is 30.8. The highest BCUT2D eigenvalue weighted by atomic mass is 16.6. The largest absolute Gasteiger partial charge is 0.456 e. The van der Waals surface area contributed by atoms with E-state index in [2.05, 4.69) is 10.6 Å². The first-order valence-electron chi connectivity index (χ1n) is 21.4. The highest BCUT2D eigenvalue weighted by Crippen LogP contribution is 2.64. The van der Waals surface area contributed by atoms with E-state index in [9.17, 15) is 44.4 Å². The van der Waals surface area contributed by atoms with Gasteiger partial charge >= 0.3 is 24.0 Å². The SMILES string of the molecule is CC(=O)O[C@@]12CO[C@@H]1C[C@H](O)[C@@]1(C)C(=O)[C@H](OC(=O)N[14CH2][14CH2]O)C3=C(C)[C@@H](OC(=O)[C@H](O)[C@@H](NC(=O)c4ccccc4)c4ccccc4)C[C@@](O)([C@@H](OC(=O)c4ccccc4)[C@H]21)C3(C)C. The summed E-state index contributed by atoms with van der Waals surface area (Å²) in [5.74, 6) is -6.20. The molecule has 3 aromatic carbocycles. The molecule has 346 valence electrons. The fourth-order valence-corrected chi connectivity index (χ4v) is 10.3. The molecule has 2 amide bonds. The second-order valence-corrected chi connectivity index (χ2v) is 17.8. The second kappa shape index (κ2) is 18.1. The molecule has 2 bridgehead atoms. The third-order valence-electron chi connectivity index (χ3n) is 13.8. The van der Waals surface area contributed by atoms with Crippen molar-refractivity contribution in [1.82, 2.24) is 10.6 Å². The van der Waals surface area contributed by atoms with Crippen molar-refractivity contribution in [2.24, 2.45) is 16.7 Å². The van der Waals surface area contributed by atoms with Crippen molar-refractivity contribution in [2.45, 2.75) is 101 Å². The van der Waals surface area contributed by atoms with Gasteiger partial charge in [-0.1, -0.05) is 80.6 Å². The third kappa shape index (κ3) is 8.20. The van der Waals surface area contributed by atoms with Crippen LogP contribution in [-0.4, -0.2) is 124 Å². The molecule has 0 aromatic heterocycles. The fourth-order valence-electron chi connectivity index (χ4n) is 10.3. The molecule has 6 N–H and O–H groups in total. The van der Waals surface area contributed by atoms with Crippen molar-refractivity contribution in [1.29, 1.82) is 0 Å². The van der Waals surface area contributed by atoms with Gasteiger partial charge in [-0.2, -0.15) is 0 Å². The minimum absolute atomic E-state index is 0.0448. The molecule has 1 aliphatic heterocycles. The van der Waals surface area contributed by atoms with Crippen LogP contribution < -0.4 is 10.6 Å². The predicted molar refractivity (Wildman–Crippen MR) is 227 cm³/mol. The number of hydrogen-bond donors (Lipinski definition) is 6. The summed E-state index contributed by atoms with van der Waals surface area (Å²) in [7, 11) is 0. The number of alkyl carbamates (subject to hydrolysis) is 1. The molecule has 3 fully saturated rings. The van der Waals surface area contributed by atoms with E-state index >= 15 is 4.79 Å². The molecular weight excluding hydrogens is 849 g/mol. The first-order valence-corrected chi connectivity index (χ1v) is 21.4. The zero-order chi connectivity index (χ0) is 47.1. The van der Waals surface area contributed by atoms with Gasteiger partial charge in [0.1, 0.15) is 23.9 Å². The lowest BCUT2D eigenvalue weighted by atomic mass is 9.44. The van der Waals surface area contributed by atoms with Gasteiger partial charge in [-0.3, -0.25) is 14.4 Å². The molecule has 3 aromatic rings. The zero-order valence-corrected chi connectivity index (χ0v) is 36.6. The van der Waals surface area contributed by atoms with Crippen LogP contribution in [0.15, 0.2) is 102 Å². The molecule has 3 aliphatic carbocycles. The maximum Gasteiger partial charge on any atom is 0.408 e. The smallest absolute Gasteiger partial charge is 0.408 e. The Morgan fingerprint density at radius 2 is 1.48 bits per heavy atom. The van der Waals surface area contributed by atoms with E-state index in [4.69, 9.17) is 23.7 Å². The molecule has 1 saturated heterocycles. The van der Waals surface area contributed by atoms with Crippen molar-refractivity contribution < 1.29 is 72.9 Å². The molecule has 1 heterocycles. The minimum Gasteiger partial charge on any atom is -0.456 e. The van der Waals surface area contributed by atoms with E-state index in [1.807, 2.05) is 0 Å². The Bertz CT molecular complexity index is 2340. The summed E-state index contributed by atoms with van der Waals surface area (Å²) < 4.78 is 30.4. The minimum atomic E-state index is -2.46. The van der Waals surface area contributed by atoms with Crippen LogP contribution in [-0.2, 0) is 38.1 Å². The number of amides is 2. The van der Waals surface area contributed by atoms with Gasteiger partial charge in [0.2, 0.25) is 0 Å². The third-order valence-corrected chi connectivity index (χ3v) is 13.8. The Kier molecular flexibility index (Phi) is 13.1. The van der Waals surface area contributed by atoms with Crippen LogP contribution in [0.1, 0.15) is 79.8 Å². The maximum atomic E-state index is 15.7. The summed E-state index contributed by atoms with van der Waals surface area (Å²) in [6.07, 6.45) is -12.2.